The van der Waals surface area contributed by atoms with Crippen LogP contribution < -0.4 is 10.6 Å². The molecule has 1 aliphatic heterocycles. The molecule has 1 fully saturated rings. The van der Waals surface area contributed by atoms with Gasteiger partial charge in [-0.25, -0.2) is 9.69 Å². The first-order valence-corrected chi connectivity index (χ1v) is 9.56. The topological polar surface area (TPSA) is 120 Å². The average molecular weight is 413 g/mol. The van der Waals surface area contributed by atoms with E-state index in [4.69, 9.17) is 10.5 Å². The first-order valence-electron chi connectivity index (χ1n) is 9.56. The summed E-state index contributed by atoms with van der Waals surface area (Å²) in [4.78, 5) is 41.4. The highest BCUT2D eigenvalue weighted by atomic mass is 16.6. The molecule has 30 heavy (non-hydrogen) atoms. The standard InChI is InChI=1S/C21H27N5O4/c1-15(27)26(18-7-5-17(23)6-8-18)19(28)16(13-22)14-24-9-11-25(12-10-24)20(29)30-21(2,3)4/h5-8,14H,9-12,23H2,1-4H3/b16-14-. The van der Waals surface area contributed by atoms with E-state index in [1.807, 2.05) is 6.07 Å². The number of rotatable bonds is 3. The van der Waals surface area contributed by atoms with Crippen molar-refractivity contribution in [1.29, 1.82) is 5.26 Å². The van der Waals surface area contributed by atoms with Gasteiger partial charge in [-0.15, -0.1) is 0 Å². The lowest BCUT2D eigenvalue weighted by molar-refractivity contribution is -0.123. The number of hydrogen-bond donors (Lipinski definition) is 1. The summed E-state index contributed by atoms with van der Waals surface area (Å²) in [6.45, 7) is 8.31. The molecule has 9 heteroatoms. The monoisotopic (exact) mass is 413 g/mol. The molecule has 0 aliphatic carbocycles. The SMILES string of the molecule is CC(=O)N(C(=O)/C(C#N)=C\N1CCN(C(=O)OC(C)(C)C)CC1)c1ccc(N)cc1. The number of ether oxygens (including phenoxy) is 1. The molecule has 1 heterocycles. The Morgan fingerprint density at radius 3 is 2.17 bits per heavy atom. The van der Waals surface area contributed by atoms with Crippen molar-refractivity contribution in [3.63, 3.8) is 0 Å². The van der Waals surface area contributed by atoms with Crippen molar-refractivity contribution in [1.82, 2.24) is 9.80 Å². The second-order valence-corrected chi connectivity index (χ2v) is 7.91. The van der Waals surface area contributed by atoms with Gasteiger partial charge in [-0.3, -0.25) is 9.59 Å². The largest absolute Gasteiger partial charge is 0.444 e. The third-order valence-electron chi connectivity index (χ3n) is 4.30. The zero-order valence-electron chi connectivity index (χ0n) is 17.7. The fourth-order valence-electron chi connectivity index (χ4n) is 2.86. The van der Waals surface area contributed by atoms with E-state index in [2.05, 4.69) is 0 Å². The van der Waals surface area contributed by atoms with Gasteiger partial charge in [0.15, 0.2) is 0 Å². The molecule has 1 aromatic carbocycles. The molecule has 3 amide bonds. The van der Waals surface area contributed by atoms with Crippen molar-refractivity contribution in [3.8, 4) is 6.07 Å². The van der Waals surface area contributed by atoms with Crippen molar-refractivity contribution in [2.75, 3.05) is 36.8 Å². The molecule has 0 aromatic heterocycles. The van der Waals surface area contributed by atoms with Gasteiger partial charge in [-0.2, -0.15) is 5.26 Å². The van der Waals surface area contributed by atoms with E-state index < -0.39 is 23.5 Å². The molecular formula is C21H27N5O4. The van der Waals surface area contributed by atoms with E-state index in [0.717, 1.165) is 4.90 Å². The van der Waals surface area contributed by atoms with Crippen LogP contribution >= 0.6 is 0 Å². The molecule has 160 valence electrons. The molecule has 9 nitrogen and oxygen atoms in total. The molecule has 2 rings (SSSR count). The van der Waals surface area contributed by atoms with Gasteiger partial charge in [-0.05, 0) is 45.0 Å². The molecule has 0 radical (unpaired) electrons. The third kappa shape index (κ3) is 5.98. The number of nitrogens with two attached hydrogens (primary N) is 1. The highest BCUT2D eigenvalue weighted by molar-refractivity contribution is 6.21. The van der Waals surface area contributed by atoms with E-state index in [0.29, 0.717) is 37.6 Å². The number of amides is 3. The molecule has 0 saturated carbocycles. The number of hydrogen-bond acceptors (Lipinski definition) is 7. The second-order valence-electron chi connectivity index (χ2n) is 7.91. The minimum atomic E-state index is -0.718. The number of piperazine rings is 1. The summed E-state index contributed by atoms with van der Waals surface area (Å²) >= 11 is 0. The zero-order valence-corrected chi connectivity index (χ0v) is 17.7. The number of nitriles is 1. The highest BCUT2D eigenvalue weighted by Gasteiger charge is 2.27. The van der Waals surface area contributed by atoms with Crippen molar-refractivity contribution < 1.29 is 19.1 Å². The van der Waals surface area contributed by atoms with E-state index in [1.165, 1.54) is 13.1 Å². The fourth-order valence-corrected chi connectivity index (χ4v) is 2.86. The van der Waals surface area contributed by atoms with Gasteiger partial charge >= 0.3 is 6.09 Å². The Morgan fingerprint density at radius 2 is 1.70 bits per heavy atom. The van der Waals surface area contributed by atoms with Crippen LogP contribution in [0.15, 0.2) is 36.0 Å². The van der Waals surface area contributed by atoms with E-state index in [1.54, 1.807) is 54.8 Å². The lowest BCUT2D eigenvalue weighted by Gasteiger charge is -2.35. The number of nitrogen functional groups attached to an aromatic ring is 1. The Bertz CT molecular complexity index is 872. The summed E-state index contributed by atoms with van der Waals surface area (Å²) in [5.41, 5.74) is 5.73. The molecule has 0 spiro atoms. The number of nitrogens with zero attached hydrogens (tertiary/aromatic N) is 4. The van der Waals surface area contributed by atoms with Gasteiger partial charge in [0.05, 0.1) is 5.69 Å². The highest BCUT2D eigenvalue weighted by Crippen LogP contribution is 2.19. The summed E-state index contributed by atoms with van der Waals surface area (Å²) in [6.07, 6.45) is 1.04. The van der Waals surface area contributed by atoms with Crippen LogP contribution in [0.3, 0.4) is 0 Å². The molecule has 2 N–H and O–H groups in total. The summed E-state index contributed by atoms with van der Waals surface area (Å²) in [7, 11) is 0. The molecule has 1 aliphatic rings. The minimum absolute atomic E-state index is 0.173. The predicted octanol–water partition coefficient (Wildman–Crippen LogP) is 2.11. The van der Waals surface area contributed by atoms with Crippen LogP contribution in [0.5, 0.6) is 0 Å². The van der Waals surface area contributed by atoms with Crippen molar-refractivity contribution in [3.05, 3.63) is 36.0 Å². The first kappa shape index (κ1) is 22.7. The van der Waals surface area contributed by atoms with Gasteiger partial charge in [0, 0.05) is 45.0 Å². The number of carbonyl (C=O) groups is 3. The zero-order chi connectivity index (χ0) is 22.5. The van der Waals surface area contributed by atoms with Crippen LogP contribution in [0.25, 0.3) is 0 Å². The Morgan fingerprint density at radius 1 is 1.13 bits per heavy atom. The Labute approximate surface area is 176 Å². The normalized spacial score (nSPS) is 14.7. The minimum Gasteiger partial charge on any atom is -0.444 e. The van der Waals surface area contributed by atoms with E-state index >= 15 is 0 Å². The average Bonchev–Trinajstić information content (AvgIpc) is 2.66. The number of imide groups is 1. The van der Waals surface area contributed by atoms with Crippen molar-refractivity contribution >= 4 is 29.3 Å². The summed E-state index contributed by atoms with van der Waals surface area (Å²) in [5, 5.41) is 9.51. The maximum Gasteiger partial charge on any atom is 0.410 e. The van der Waals surface area contributed by atoms with Crippen molar-refractivity contribution in [2.24, 2.45) is 0 Å². The Balaban J connectivity index is 2.10. The molecule has 0 atom stereocenters. The molecule has 1 saturated heterocycles. The quantitative estimate of drug-likeness (QED) is 0.458. The van der Waals surface area contributed by atoms with Gasteiger partial charge in [0.2, 0.25) is 5.91 Å². The summed E-state index contributed by atoms with van der Waals surface area (Å²) < 4.78 is 5.36. The predicted molar refractivity (Wildman–Crippen MR) is 112 cm³/mol. The van der Waals surface area contributed by atoms with Gasteiger partial charge in [-0.1, -0.05) is 0 Å². The lowest BCUT2D eigenvalue weighted by Crippen LogP contribution is -2.48. The number of carbonyl (C=O) groups excluding carboxylic acids is 3. The maximum atomic E-state index is 12.9. The van der Waals surface area contributed by atoms with Crippen LogP contribution in [0, 0.1) is 11.3 Å². The molecular weight excluding hydrogens is 386 g/mol. The Hall–Kier alpha value is -3.54. The van der Waals surface area contributed by atoms with Crippen LogP contribution in [-0.4, -0.2) is 59.5 Å². The summed E-state index contributed by atoms with van der Waals surface area (Å²) in [5.74, 6) is -1.23. The van der Waals surface area contributed by atoms with E-state index in [-0.39, 0.29) is 5.57 Å². The van der Waals surface area contributed by atoms with Gasteiger partial charge in [0.1, 0.15) is 17.2 Å². The number of anilines is 2. The van der Waals surface area contributed by atoms with E-state index in [9.17, 15) is 19.6 Å². The molecule has 0 bridgehead atoms. The Kier molecular flexibility index (Phi) is 7.06. The van der Waals surface area contributed by atoms with Crippen LogP contribution in [0.2, 0.25) is 0 Å². The molecule has 0 unspecified atom stereocenters. The smallest absolute Gasteiger partial charge is 0.410 e. The number of benzene rings is 1. The van der Waals surface area contributed by atoms with Crippen LogP contribution in [0.1, 0.15) is 27.7 Å². The second kappa shape index (κ2) is 9.31. The lowest BCUT2D eigenvalue weighted by atomic mass is 10.2. The van der Waals surface area contributed by atoms with Gasteiger partial charge in [0.25, 0.3) is 5.91 Å². The third-order valence-corrected chi connectivity index (χ3v) is 4.30. The fraction of sp³-hybridized carbons (Fsp3) is 0.429. The first-order chi connectivity index (χ1) is 14.0. The van der Waals surface area contributed by atoms with Crippen LogP contribution in [0.4, 0.5) is 16.2 Å². The van der Waals surface area contributed by atoms with Crippen LogP contribution in [-0.2, 0) is 14.3 Å². The van der Waals surface area contributed by atoms with Gasteiger partial charge < -0.3 is 20.3 Å². The summed E-state index contributed by atoms with van der Waals surface area (Å²) in [6, 6.07) is 8.11. The molecule has 1 aromatic rings. The van der Waals surface area contributed by atoms with Crippen molar-refractivity contribution in [2.45, 2.75) is 33.3 Å². The maximum absolute atomic E-state index is 12.9.